The van der Waals surface area contributed by atoms with Gasteiger partial charge in [-0.2, -0.15) is 0 Å². The van der Waals surface area contributed by atoms with Gasteiger partial charge in [0.2, 0.25) is 5.91 Å². The van der Waals surface area contributed by atoms with Crippen molar-refractivity contribution in [2.24, 2.45) is 5.73 Å². The summed E-state index contributed by atoms with van der Waals surface area (Å²) in [5.74, 6) is -0.290. The number of nitrogens with one attached hydrogen (secondary N) is 3. The van der Waals surface area contributed by atoms with Gasteiger partial charge >= 0.3 is 6.03 Å². The zero-order valence-corrected chi connectivity index (χ0v) is 12.9. The Hall–Kier alpha value is -2.08. The number of carbonyl (C=O) groups is 2. The summed E-state index contributed by atoms with van der Waals surface area (Å²) in [4.78, 5) is 23.6. The van der Waals surface area contributed by atoms with Crippen molar-refractivity contribution in [1.29, 1.82) is 0 Å². The Kier molecular flexibility index (Phi) is 5.77. The summed E-state index contributed by atoms with van der Waals surface area (Å²) in [5.41, 5.74) is 7.45. The highest BCUT2D eigenvalue weighted by Gasteiger charge is 2.16. The van der Waals surface area contributed by atoms with E-state index in [0.717, 1.165) is 31.2 Å². The van der Waals surface area contributed by atoms with E-state index in [1.807, 2.05) is 19.1 Å². The average Bonchev–Trinajstić information content (AvgIpc) is 2.51. The Labute approximate surface area is 130 Å². The fourth-order valence-corrected chi connectivity index (χ4v) is 2.66. The van der Waals surface area contributed by atoms with E-state index in [-0.39, 0.29) is 24.5 Å². The third-order valence-electron chi connectivity index (χ3n) is 3.82. The van der Waals surface area contributed by atoms with Gasteiger partial charge in [0.1, 0.15) is 0 Å². The Bertz CT molecular complexity index is 539. The zero-order chi connectivity index (χ0) is 15.9. The summed E-state index contributed by atoms with van der Waals surface area (Å²) in [6, 6.07) is 5.47. The van der Waals surface area contributed by atoms with E-state index in [9.17, 15) is 9.59 Å². The summed E-state index contributed by atoms with van der Waals surface area (Å²) in [5, 5.41) is 8.50. The van der Waals surface area contributed by atoms with Crippen LogP contribution in [0.5, 0.6) is 0 Å². The van der Waals surface area contributed by atoms with E-state index in [2.05, 4.69) is 16.0 Å². The van der Waals surface area contributed by atoms with Crippen LogP contribution in [0.4, 0.5) is 16.2 Å². The second-order valence-corrected chi connectivity index (χ2v) is 5.73. The topological polar surface area (TPSA) is 96.2 Å². The Morgan fingerprint density at radius 2 is 1.86 bits per heavy atom. The van der Waals surface area contributed by atoms with Gasteiger partial charge in [-0.1, -0.05) is 25.3 Å². The maximum absolute atomic E-state index is 12.1. The molecule has 1 fully saturated rings. The molecule has 0 atom stereocenters. The fourth-order valence-electron chi connectivity index (χ4n) is 2.66. The van der Waals surface area contributed by atoms with Gasteiger partial charge in [-0.25, -0.2) is 4.79 Å². The number of anilines is 2. The van der Waals surface area contributed by atoms with Gasteiger partial charge in [0.25, 0.3) is 0 Å². The van der Waals surface area contributed by atoms with Crippen LogP contribution in [0.15, 0.2) is 18.2 Å². The molecule has 5 N–H and O–H groups in total. The molecule has 0 unspecified atom stereocenters. The highest BCUT2D eigenvalue weighted by molar-refractivity contribution is 5.99. The van der Waals surface area contributed by atoms with Gasteiger partial charge in [0, 0.05) is 6.04 Å². The average molecular weight is 304 g/mol. The minimum absolute atomic E-state index is 0.0956. The molecule has 1 aliphatic carbocycles. The fraction of sp³-hybridized carbons (Fsp3) is 0.500. The molecule has 3 amide bonds. The van der Waals surface area contributed by atoms with Crippen molar-refractivity contribution in [1.82, 2.24) is 5.32 Å². The molecule has 0 spiro atoms. The third kappa shape index (κ3) is 4.73. The monoisotopic (exact) mass is 304 g/mol. The molecule has 0 saturated heterocycles. The summed E-state index contributed by atoms with van der Waals surface area (Å²) in [7, 11) is 0. The van der Waals surface area contributed by atoms with Crippen LogP contribution in [0.1, 0.15) is 37.7 Å². The second-order valence-electron chi connectivity index (χ2n) is 5.73. The van der Waals surface area contributed by atoms with Gasteiger partial charge in [-0.3, -0.25) is 4.79 Å². The minimum atomic E-state index is -0.290. The first kappa shape index (κ1) is 16.3. The number of hydrogen-bond donors (Lipinski definition) is 4. The lowest BCUT2D eigenvalue weighted by Gasteiger charge is -2.23. The Balaban J connectivity index is 2.01. The van der Waals surface area contributed by atoms with Crippen molar-refractivity contribution in [2.75, 3.05) is 17.2 Å². The molecule has 1 aliphatic rings. The van der Waals surface area contributed by atoms with Gasteiger partial charge in [-0.15, -0.1) is 0 Å². The number of carbonyl (C=O) groups excluding carboxylic acids is 2. The van der Waals surface area contributed by atoms with Crippen molar-refractivity contribution in [2.45, 2.75) is 45.1 Å². The number of hydrogen-bond acceptors (Lipinski definition) is 3. The molecule has 6 nitrogen and oxygen atoms in total. The largest absolute Gasteiger partial charge is 0.335 e. The van der Waals surface area contributed by atoms with Crippen molar-refractivity contribution in [3.63, 3.8) is 0 Å². The Morgan fingerprint density at radius 1 is 1.14 bits per heavy atom. The van der Waals surface area contributed by atoms with Crippen molar-refractivity contribution < 1.29 is 9.59 Å². The molecule has 120 valence electrons. The number of urea groups is 1. The first-order valence-electron chi connectivity index (χ1n) is 7.76. The predicted molar refractivity (Wildman–Crippen MR) is 87.9 cm³/mol. The van der Waals surface area contributed by atoms with Gasteiger partial charge in [-0.05, 0) is 37.5 Å². The van der Waals surface area contributed by atoms with Crippen LogP contribution in [-0.2, 0) is 4.79 Å². The molecule has 1 aromatic rings. The van der Waals surface area contributed by atoms with Gasteiger partial charge in [0.15, 0.2) is 0 Å². The van der Waals surface area contributed by atoms with E-state index in [1.165, 1.54) is 6.42 Å². The quantitative estimate of drug-likeness (QED) is 0.687. The molecule has 1 saturated carbocycles. The molecule has 0 aromatic heterocycles. The lowest BCUT2D eigenvalue weighted by Crippen LogP contribution is -2.39. The van der Waals surface area contributed by atoms with Crippen LogP contribution in [0.3, 0.4) is 0 Å². The third-order valence-corrected chi connectivity index (χ3v) is 3.82. The van der Waals surface area contributed by atoms with Crippen LogP contribution in [-0.4, -0.2) is 24.5 Å². The van der Waals surface area contributed by atoms with E-state index in [4.69, 9.17) is 5.73 Å². The standard InChI is InChI=1S/C16H24N4O2/c1-11-7-8-13(14(9-11)19-15(21)10-17)20-16(22)18-12-5-3-2-4-6-12/h7-9,12H,2-6,10,17H2,1H3,(H,19,21)(H2,18,20,22). The maximum Gasteiger partial charge on any atom is 0.319 e. The second kappa shape index (κ2) is 7.79. The molecular formula is C16H24N4O2. The van der Waals surface area contributed by atoms with E-state index >= 15 is 0 Å². The summed E-state index contributed by atoms with van der Waals surface area (Å²) in [6.07, 6.45) is 5.61. The number of benzene rings is 1. The number of rotatable bonds is 4. The number of amides is 3. The van der Waals surface area contributed by atoms with Gasteiger partial charge in [0.05, 0.1) is 17.9 Å². The SMILES string of the molecule is Cc1ccc(NC(=O)NC2CCCCC2)c(NC(=O)CN)c1. The first-order valence-corrected chi connectivity index (χ1v) is 7.76. The Morgan fingerprint density at radius 3 is 2.55 bits per heavy atom. The first-order chi connectivity index (χ1) is 10.6. The summed E-state index contributed by atoms with van der Waals surface area (Å²) >= 11 is 0. The lowest BCUT2D eigenvalue weighted by atomic mass is 9.96. The highest BCUT2D eigenvalue weighted by Crippen LogP contribution is 2.23. The molecule has 0 radical (unpaired) electrons. The number of aryl methyl sites for hydroxylation is 1. The van der Waals surface area contributed by atoms with E-state index < -0.39 is 0 Å². The van der Waals surface area contributed by atoms with Gasteiger partial charge < -0.3 is 21.7 Å². The molecule has 2 rings (SSSR count). The molecule has 0 heterocycles. The van der Waals surface area contributed by atoms with Crippen LogP contribution in [0, 0.1) is 6.92 Å². The van der Waals surface area contributed by atoms with E-state index in [1.54, 1.807) is 6.07 Å². The van der Waals surface area contributed by atoms with Crippen molar-refractivity contribution in [3.8, 4) is 0 Å². The smallest absolute Gasteiger partial charge is 0.319 e. The van der Waals surface area contributed by atoms with E-state index in [0.29, 0.717) is 11.4 Å². The molecule has 0 aliphatic heterocycles. The molecular weight excluding hydrogens is 280 g/mol. The summed E-state index contributed by atoms with van der Waals surface area (Å²) < 4.78 is 0. The minimum Gasteiger partial charge on any atom is -0.335 e. The van der Waals surface area contributed by atoms with Crippen LogP contribution >= 0.6 is 0 Å². The van der Waals surface area contributed by atoms with Crippen LogP contribution < -0.4 is 21.7 Å². The predicted octanol–water partition coefficient (Wildman–Crippen LogP) is 2.35. The molecule has 6 heteroatoms. The normalized spacial score (nSPS) is 15.2. The highest BCUT2D eigenvalue weighted by atomic mass is 16.2. The lowest BCUT2D eigenvalue weighted by molar-refractivity contribution is -0.114. The van der Waals surface area contributed by atoms with Crippen molar-refractivity contribution in [3.05, 3.63) is 23.8 Å². The molecule has 22 heavy (non-hydrogen) atoms. The number of nitrogens with two attached hydrogens (primary N) is 1. The summed E-state index contributed by atoms with van der Waals surface area (Å²) in [6.45, 7) is 1.83. The molecule has 0 bridgehead atoms. The van der Waals surface area contributed by atoms with Crippen LogP contribution in [0.2, 0.25) is 0 Å². The van der Waals surface area contributed by atoms with Crippen LogP contribution in [0.25, 0.3) is 0 Å². The van der Waals surface area contributed by atoms with Crippen molar-refractivity contribution >= 4 is 23.3 Å². The zero-order valence-electron chi connectivity index (χ0n) is 12.9. The molecule has 1 aromatic carbocycles. The maximum atomic E-state index is 12.1.